The standard InChI is InChI=1S/C43H72O11/c1-3-5-7-9-11-13-15-17-18-20-22-24-26-28-30-32-37(45)53-35(34-52-43-40(48)38(46)39(47)41(54-43)42(49)50)33-51-36(44)31-29-27-25-23-21-19-16-14-12-10-8-6-4-2/h6,8,12,14,17-19,21,35,38-41,43,46-48H,3-5,7,9-11,13,15-16,20,22-34H2,1-2H3,(H,49,50)/b8-6-,14-12-,18-17-,21-19-. The lowest BCUT2D eigenvalue weighted by Crippen LogP contribution is -2.60. The highest BCUT2D eigenvalue weighted by molar-refractivity contribution is 5.73. The molecule has 1 heterocycles. The second-order valence-corrected chi connectivity index (χ2v) is 14.1. The number of aliphatic hydroxyl groups excluding tert-OH is 3. The Morgan fingerprint density at radius 3 is 1.69 bits per heavy atom. The number of aliphatic carboxylic acids is 1. The third-order valence-electron chi connectivity index (χ3n) is 9.16. The molecule has 54 heavy (non-hydrogen) atoms. The number of hydrogen-bond donors (Lipinski definition) is 4. The van der Waals surface area contributed by atoms with Crippen LogP contribution < -0.4 is 0 Å². The quantitative estimate of drug-likeness (QED) is 0.0289. The molecule has 0 amide bonds. The van der Waals surface area contributed by atoms with E-state index in [0.717, 1.165) is 77.0 Å². The summed E-state index contributed by atoms with van der Waals surface area (Å²) in [7, 11) is 0. The fourth-order valence-electron chi connectivity index (χ4n) is 5.89. The lowest BCUT2D eigenvalue weighted by molar-refractivity contribution is -0.298. The van der Waals surface area contributed by atoms with Crippen LogP contribution in [0.1, 0.15) is 155 Å². The van der Waals surface area contributed by atoms with Crippen molar-refractivity contribution in [3.63, 3.8) is 0 Å². The van der Waals surface area contributed by atoms with Gasteiger partial charge in [-0.05, 0) is 70.6 Å². The Morgan fingerprint density at radius 2 is 1.09 bits per heavy atom. The highest BCUT2D eigenvalue weighted by atomic mass is 16.7. The third kappa shape index (κ3) is 25.3. The molecule has 4 N–H and O–H groups in total. The fraction of sp³-hybridized carbons (Fsp3) is 0.744. The molecule has 1 saturated heterocycles. The zero-order valence-corrected chi connectivity index (χ0v) is 33.2. The Labute approximate surface area is 324 Å². The van der Waals surface area contributed by atoms with Crippen molar-refractivity contribution in [3.05, 3.63) is 48.6 Å². The fourth-order valence-corrected chi connectivity index (χ4v) is 5.89. The summed E-state index contributed by atoms with van der Waals surface area (Å²) in [6.45, 7) is 3.64. The predicted molar refractivity (Wildman–Crippen MR) is 211 cm³/mol. The molecule has 0 aromatic carbocycles. The summed E-state index contributed by atoms with van der Waals surface area (Å²) in [5, 5.41) is 39.7. The van der Waals surface area contributed by atoms with Crippen LogP contribution in [0.15, 0.2) is 48.6 Å². The average molecular weight is 765 g/mol. The zero-order valence-electron chi connectivity index (χ0n) is 33.2. The Bertz CT molecular complexity index is 1090. The molecule has 11 heteroatoms. The minimum absolute atomic E-state index is 0.165. The predicted octanol–water partition coefficient (Wildman–Crippen LogP) is 8.20. The van der Waals surface area contributed by atoms with Gasteiger partial charge in [0.25, 0.3) is 0 Å². The maximum Gasteiger partial charge on any atom is 0.335 e. The molecule has 1 aliphatic heterocycles. The number of carboxylic acid groups (broad SMARTS) is 1. The van der Waals surface area contributed by atoms with E-state index in [-0.39, 0.29) is 19.4 Å². The number of rotatable bonds is 33. The number of hydrogen-bond acceptors (Lipinski definition) is 10. The summed E-state index contributed by atoms with van der Waals surface area (Å²) in [5.41, 5.74) is 0. The van der Waals surface area contributed by atoms with Crippen LogP contribution in [0.5, 0.6) is 0 Å². The number of carbonyl (C=O) groups excluding carboxylic acids is 2. The summed E-state index contributed by atoms with van der Waals surface area (Å²) < 4.78 is 21.6. The van der Waals surface area contributed by atoms with E-state index in [1.54, 1.807) is 0 Å². The maximum absolute atomic E-state index is 12.7. The number of carbonyl (C=O) groups is 3. The molecule has 0 aromatic heterocycles. The molecule has 1 fully saturated rings. The summed E-state index contributed by atoms with van der Waals surface area (Å²) in [6.07, 6.45) is 28.8. The molecule has 1 aliphatic rings. The first-order chi connectivity index (χ1) is 26.2. The van der Waals surface area contributed by atoms with Gasteiger partial charge in [-0.2, -0.15) is 0 Å². The summed E-state index contributed by atoms with van der Waals surface area (Å²) in [4.78, 5) is 36.7. The van der Waals surface area contributed by atoms with Crippen LogP contribution in [-0.4, -0.2) is 88.4 Å². The Balaban J connectivity index is 2.44. The molecule has 11 nitrogen and oxygen atoms in total. The van der Waals surface area contributed by atoms with Crippen LogP contribution in [0.3, 0.4) is 0 Å². The first-order valence-corrected chi connectivity index (χ1v) is 20.7. The van der Waals surface area contributed by atoms with E-state index >= 15 is 0 Å². The second kappa shape index (κ2) is 33.5. The van der Waals surface area contributed by atoms with E-state index < -0.39 is 61.3 Å². The highest BCUT2D eigenvalue weighted by Crippen LogP contribution is 2.23. The molecule has 0 spiro atoms. The van der Waals surface area contributed by atoms with E-state index in [9.17, 15) is 34.8 Å². The molecule has 1 rings (SSSR count). The summed E-state index contributed by atoms with van der Waals surface area (Å²) in [5.74, 6) is -2.50. The van der Waals surface area contributed by atoms with Crippen LogP contribution >= 0.6 is 0 Å². The summed E-state index contributed by atoms with van der Waals surface area (Å²) in [6, 6.07) is 0. The molecule has 6 unspecified atom stereocenters. The van der Waals surface area contributed by atoms with Gasteiger partial charge in [0.15, 0.2) is 18.5 Å². The smallest absolute Gasteiger partial charge is 0.335 e. The minimum Gasteiger partial charge on any atom is -0.479 e. The van der Waals surface area contributed by atoms with E-state index in [2.05, 4.69) is 62.5 Å². The lowest BCUT2D eigenvalue weighted by Gasteiger charge is -2.38. The molecule has 0 aliphatic carbocycles. The van der Waals surface area contributed by atoms with Crippen molar-refractivity contribution in [2.75, 3.05) is 13.2 Å². The number of ether oxygens (including phenoxy) is 4. The maximum atomic E-state index is 12.7. The van der Waals surface area contributed by atoms with Crippen LogP contribution in [0.4, 0.5) is 0 Å². The van der Waals surface area contributed by atoms with Crippen LogP contribution in [0, 0.1) is 0 Å². The minimum atomic E-state index is -1.87. The van der Waals surface area contributed by atoms with E-state index in [4.69, 9.17) is 18.9 Å². The van der Waals surface area contributed by atoms with Crippen molar-refractivity contribution >= 4 is 17.9 Å². The Hall–Kier alpha value is -2.83. The monoisotopic (exact) mass is 765 g/mol. The first-order valence-electron chi connectivity index (χ1n) is 20.7. The largest absolute Gasteiger partial charge is 0.479 e. The van der Waals surface area contributed by atoms with Gasteiger partial charge in [-0.3, -0.25) is 9.59 Å². The van der Waals surface area contributed by atoms with Crippen LogP contribution in [-0.2, 0) is 33.3 Å². The summed E-state index contributed by atoms with van der Waals surface area (Å²) >= 11 is 0. The number of aliphatic hydroxyl groups is 3. The van der Waals surface area contributed by atoms with Gasteiger partial charge in [0.2, 0.25) is 0 Å². The molecule has 0 aromatic rings. The van der Waals surface area contributed by atoms with Crippen molar-refractivity contribution in [1.29, 1.82) is 0 Å². The van der Waals surface area contributed by atoms with Crippen molar-refractivity contribution in [2.45, 2.75) is 192 Å². The molecular weight excluding hydrogens is 692 g/mol. The molecule has 0 bridgehead atoms. The first kappa shape index (κ1) is 49.2. The van der Waals surface area contributed by atoms with E-state index in [1.807, 2.05) is 0 Å². The van der Waals surface area contributed by atoms with Gasteiger partial charge in [-0.1, -0.05) is 120 Å². The van der Waals surface area contributed by atoms with Crippen molar-refractivity contribution in [1.82, 2.24) is 0 Å². The van der Waals surface area contributed by atoms with Gasteiger partial charge in [-0.15, -0.1) is 0 Å². The number of allylic oxidation sites excluding steroid dienone is 8. The van der Waals surface area contributed by atoms with E-state index in [0.29, 0.717) is 12.8 Å². The van der Waals surface area contributed by atoms with Gasteiger partial charge < -0.3 is 39.4 Å². The van der Waals surface area contributed by atoms with E-state index in [1.165, 1.54) is 38.5 Å². The highest BCUT2D eigenvalue weighted by Gasteiger charge is 2.47. The van der Waals surface area contributed by atoms with Crippen molar-refractivity contribution < 1.29 is 53.8 Å². The number of unbranched alkanes of at least 4 members (excludes halogenated alkanes) is 14. The van der Waals surface area contributed by atoms with Gasteiger partial charge in [0.05, 0.1) is 6.61 Å². The molecule has 6 atom stereocenters. The second-order valence-electron chi connectivity index (χ2n) is 14.1. The van der Waals surface area contributed by atoms with Gasteiger partial charge >= 0.3 is 17.9 Å². The van der Waals surface area contributed by atoms with Crippen LogP contribution in [0.2, 0.25) is 0 Å². The van der Waals surface area contributed by atoms with Crippen molar-refractivity contribution in [3.8, 4) is 0 Å². The molecule has 310 valence electrons. The van der Waals surface area contributed by atoms with Crippen LogP contribution in [0.25, 0.3) is 0 Å². The number of carboxylic acids is 1. The third-order valence-corrected chi connectivity index (χ3v) is 9.16. The topological polar surface area (TPSA) is 169 Å². The van der Waals surface area contributed by atoms with Gasteiger partial charge in [0, 0.05) is 12.8 Å². The Morgan fingerprint density at radius 1 is 0.593 bits per heavy atom. The van der Waals surface area contributed by atoms with Gasteiger partial charge in [0.1, 0.15) is 24.9 Å². The average Bonchev–Trinajstić information content (AvgIpc) is 3.15. The van der Waals surface area contributed by atoms with Crippen molar-refractivity contribution in [2.24, 2.45) is 0 Å². The van der Waals surface area contributed by atoms with Gasteiger partial charge in [-0.25, -0.2) is 4.79 Å². The lowest BCUT2D eigenvalue weighted by atomic mass is 9.99. The Kier molecular flexibility index (Phi) is 30.5. The SMILES string of the molecule is CC/C=C\C/C=C\C/C=C\CCCCCC(=O)OCC(COC1OC(C(=O)O)C(O)C(O)C1O)OC(=O)CCCCCCC/C=C\CCCCCCCC. The molecule has 0 saturated carbocycles. The zero-order chi connectivity index (χ0) is 39.7. The molecular formula is C43H72O11. The normalized spacial score (nSPS) is 21.1. The number of esters is 2. The molecule has 0 radical (unpaired) electrons.